The Labute approximate surface area is 183 Å². The fourth-order valence-electron chi connectivity index (χ4n) is 4.28. The predicted molar refractivity (Wildman–Crippen MR) is 119 cm³/mol. The summed E-state index contributed by atoms with van der Waals surface area (Å²) in [5, 5.41) is 17.9. The van der Waals surface area contributed by atoms with Gasteiger partial charge in [0.2, 0.25) is 0 Å². The van der Waals surface area contributed by atoms with Crippen molar-refractivity contribution in [3.63, 3.8) is 0 Å². The Morgan fingerprint density at radius 2 is 2.03 bits per heavy atom. The minimum atomic E-state index is -0.739. The fraction of sp³-hybridized carbons (Fsp3) is 0.667. The van der Waals surface area contributed by atoms with E-state index in [1.807, 2.05) is 6.92 Å². The van der Waals surface area contributed by atoms with Crippen LogP contribution in [0.2, 0.25) is 10.0 Å². The highest BCUT2D eigenvalue weighted by Crippen LogP contribution is 2.33. The maximum atomic E-state index is 10.3. The molecular weight excluding hydrogens is 411 g/mol. The number of aliphatic hydroxyl groups excluding tert-OH is 1. The van der Waals surface area contributed by atoms with E-state index in [-0.39, 0.29) is 13.2 Å². The number of ether oxygens (including phenoxy) is 1. The molecule has 0 spiro atoms. The summed E-state index contributed by atoms with van der Waals surface area (Å²) in [6.07, 6.45) is 5.43. The van der Waals surface area contributed by atoms with E-state index in [0.29, 0.717) is 33.9 Å². The van der Waals surface area contributed by atoms with Gasteiger partial charge >= 0.3 is 0 Å². The van der Waals surface area contributed by atoms with Crippen molar-refractivity contribution in [3.8, 4) is 5.75 Å². The highest BCUT2D eigenvalue weighted by Gasteiger charge is 2.36. The Morgan fingerprint density at radius 1 is 1.31 bits per heavy atom. The van der Waals surface area contributed by atoms with E-state index >= 15 is 0 Å². The first-order valence-electron chi connectivity index (χ1n) is 10.5. The lowest BCUT2D eigenvalue weighted by atomic mass is 9.82. The third-order valence-electron chi connectivity index (χ3n) is 5.83. The zero-order valence-corrected chi connectivity index (χ0v) is 18.7. The number of nitrogens with one attached hydrogen (secondary N) is 2. The van der Waals surface area contributed by atoms with Crippen molar-refractivity contribution >= 4 is 29.2 Å². The Balaban J connectivity index is 1.51. The quantitative estimate of drug-likeness (QED) is 0.446. The molecule has 6 nitrogen and oxygen atoms in total. The molecule has 3 N–H and O–H groups in total. The molecule has 0 amide bonds. The first-order valence-corrected chi connectivity index (χ1v) is 11.2. The van der Waals surface area contributed by atoms with E-state index in [1.54, 1.807) is 18.2 Å². The number of hydrogen-bond donors (Lipinski definition) is 3. The summed E-state index contributed by atoms with van der Waals surface area (Å²) in [7, 11) is 2.26. The molecule has 3 rings (SSSR count). The van der Waals surface area contributed by atoms with Crippen molar-refractivity contribution in [2.75, 3.05) is 26.7 Å². The molecule has 1 aromatic carbocycles. The average molecular weight is 443 g/mol. The van der Waals surface area contributed by atoms with Crippen LogP contribution in [0.3, 0.4) is 0 Å². The number of halogens is 2. The van der Waals surface area contributed by atoms with Gasteiger partial charge in [-0.2, -0.15) is 0 Å². The third kappa shape index (κ3) is 6.14. The van der Waals surface area contributed by atoms with Gasteiger partial charge in [-0.1, -0.05) is 35.7 Å². The van der Waals surface area contributed by atoms with Crippen molar-refractivity contribution < 1.29 is 9.84 Å². The molecule has 0 aliphatic carbocycles. The van der Waals surface area contributed by atoms with E-state index in [1.165, 1.54) is 19.3 Å². The van der Waals surface area contributed by atoms with Gasteiger partial charge in [0.25, 0.3) is 0 Å². The second-order valence-electron chi connectivity index (χ2n) is 7.95. The number of piperidine rings is 2. The molecule has 2 fully saturated rings. The lowest BCUT2D eigenvalue weighted by Gasteiger charge is -2.47. The monoisotopic (exact) mass is 442 g/mol. The van der Waals surface area contributed by atoms with E-state index in [9.17, 15) is 5.11 Å². The van der Waals surface area contributed by atoms with Crippen LogP contribution in [0.25, 0.3) is 0 Å². The fourth-order valence-corrected chi connectivity index (χ4v) is 4.62. The van der Waals surface area contributed by atoms with Crippen molar-refractivity contribution in [2.24, 2.45) is 4.99 Å². The molecule has 0 aromatic heterocycles. The molecule has 2 saturated heterocycles. The summed E-state index contributed by atoms with van der Waals surface area (Å²) in [5.41, 5.74) is 0. The Bertz CT molecular complexity index is 689. The molecule has 0 radical (unpaired) electrons. The topological polar surface area (TPSA) is 69.1 Å². The smallest absolute Gasteiger partial charge is 0.191 e. The lowest BCUT2D eigenvalue weighted by molar-refractivity contribution is 0.0526. The molecule has 2 bridgehead atoms. The van der Waals surface area contributed by atoms with Gasteiger partial charge in [-0.15, -0.1) is 0 Å². The lowest BCUT2D eigenvalue weighted by Crippen LogP contribution is -2.56. The molecule has 1 aromatic rings. The molecular formula is C21H32Cl2N4O2. The van der Waals surface area contributed by atoms with Gasteiger partial charge in [-0.05, 0) is 51.8 Å². The number of hydrogen-bond acceptors (Lipinski definition) is 4. The van der Waals surface area contributed by atoms with Gasteiger partial charge in [0, 0.05) is 24.7 Å². The standard InChI is InChI=1S/C21H32Cl2N4O2/c1-3-24-21(26-14-10-15-6-4-7-16(11-14)27(15)2)25-12-17(28)13-29-19-9-5-8-18(22)20(19)23/h5,8-9,14-17,28H,3-4,6-7,10-13H2,1-2H3,(H2,24,25,26). The maximum absolute atomic E-state index is 10.3. The normalized spacial score (nSPS) is 26.1. The zero-order chi connectivity index (χ0) is 20.8. The largest absolute Gasteiger partial charge is 0.489 e. The summed E-state index contributed by atoms with van der Waals surface area (Å²) in [6, 6.07) is 6.92. The minimum Gasteiger partial charge on any atom is -0.489 e. The van der Waals surface area contributed by atoms with Gasteiger partial charge in [-0.25, -0.2) is 0 Å². The number of guanidine groups is 1. The van der Waals surface area contributed by atoms with E-state index in [0.717, 1.165) is 25.3 Å². The molecule has 2 aliphatic rings. The van der Waals surface area contributed by atoms with Crippen LogP contribution in [-0.4, -0.2) is 66.9 Å². The van der Waals surface area contributed by atoms with E-state index in [2.05, 4.69) is 27.6 Å². The molecule has 8 heteroatoms. The highest BCUT2D eigenvalue weighted by atomic mass is 35.5. The molecule has 3 unspecified atom stereocenters. The highest BCUT2D eigenvalue weighted by molar-refractivity contribution is 6.42. The summed E-state index contributed by atoms with van der Waals surface area (Å²) >= 11 is 12.1. The number of fused-ring (bicyclic) bond motifs is 2. The summed E-state index contributed by atoms with van der Waals surface area (Å²) in [4.78, 5) is 7.11. The SMILES string of the molecule is CCNC(=NCC(O)COc1cccc(Cl)c1Cl)NC1CC2CCCC(C1)N2C. The molecule has 2 heterocycles. The molecule has 2 aliphatic heterocycles. The van der Waals surface area contributed by atoms with Gasteiger partial charge in [0.1, 0.15) is 23.5 Å². The molecule has 0 saturated carbocycles. The van der Waals surface area contributed by atoms with Gasteiger partial charge < -0.3 is 25.4 Å². The second kappa shape index (κ2) is 10.7. The Kier molecular flexibility index (Phi) is 8.30. The van der Waals surface area contributed by atoms with Crippen LogP contribution in [0.4, 0.5) is 0 Å². The summed E-state index contributed by atoms with van der Waals surface area (Å²) in [6.45, 7) is 3.16. The maximum Gasteiger partial charge on any atom is 0.191 e. The van der Waals surface area contributed by atoms with Gasteiger partial charge in [-0.3, -0.25) is 4.99 Å². The van der Waals surface area contributed by atoms with Crippen molar-refractivity contribution in [1.82, 2.24) is 15.5 Å². The van der Waals surface area contributed by atoms with E-state index < -0.39 is 6.10 Å². The van der Waals surface area contributed by atoms with Crippen LogP contribution in [0.15, 0.2) is 23.2 Å². The second-order valence-corrected chi connectivity index (χ2v) is 8.74. The van der Waals surface area contributed by atoms with Gasteiger partial charge in [0.15, 0.2) is 5.96 Å². The first-order chi connectivity index (χ1) is 14.0. The molecule has 29 heavy (non-hydrogen) atoms. The van der Waals surface area contributed by atoms with Crippen LogP contribution >= 0.6 is 23.2 Å². The van der Waals surface area contributed by atoms with Crippen molar-refractivity contribution in [1.29, 1.82) is 0 Å². The van der Waals surface area contributed by atoms with Crippen LogP contribution in [0.5, 0.6) is 5.75 Å². The van der Waals surface area contributed by atoms with Crippen LogP contribution < -0.4 is 15.4 Å². The van der Waals surface area contributed by atoms with Crippen molar-refractivity contribution in [3.05, 3.63) is 28.2 Å². The zero-order valence-electron chi connectivity index (χ0n) is 17.2. The van der Waals surface area contributed by atoms with Crippen LogP contribution in [0.1, 0.15) is 39.0 Å². The first kappa shape index (κ1) is 22.5. The number of rotatable bonds is 7. The van der Waals surface area contributed by atoms with Crippen LogP contribution in [-0.2, 0) is 0 Å². The summed E-state index contributed by atoms with van der Waals surface area (Å²) in [5.74, 6) is 1.21. The molecule has 162 valence electrons. The minimum absolute atomic E-state index is 0.0986. The summed E-state index contributed by atoms with van der Waals surface area (Å²) < 4.78 is 5.60. The number of benzene rings is 1. The number of aliphatic imine (C=N–C) groups is 1. The Morgan fingerprint density at radius 3 is 2.72 bits per heavy atom. The number of aliphatic hydroxyl groups is 1. The molecule has 3 atom stereocenters. The van der Waals surface area contributed by atoms with Crippen molar-refractivity contribution in [2.45, 2.75) is 63.3 Å². The Hall–Kier alpha value is -1.21. The number of nitrogens with zero attached hydrogens (tertiary/aromatic N) is 2. The average Bonchev–Trinajstić information content (AvgIpc) is 2.68. The third-order valence-corrected chi connectivity index (χ3v) is 6.63. The predicted octanol–water partition coefficient (Wildman–Crippen LogP) is 3.30. The van der Waals surface area contributed by atoms with Gasteiger partial charge in [0.05, 0.1) is 11.6 Å². The van der Waals surface area contributed by atoms with E-state index in [4.69, 9.17) is 27.9 Å². The van der Waals surface area contributed by atoms with Crippen LogP contribution in [0, 0.1) is 0 Å².